The Balaban J connectivity index is 1.12. The highest BCUT2D eigenvalue weighted by Crippen LogP contribution is 2.32. The van der Waals surface area contributed by atoms with Crippen molar-refractivity contribution in [1.82, 2.24) is 15.2 Å². The molecule has 3 aromatic carbocycles. The van der Waals surface area contributed by atoms with Gasteiger partial charge in [-0.3, -0.25) is 4.79 Å². The molecule has 0 fully saturated rings. The summed E-state index contributed by atoms with van der Waals surface area (Å²) >= 11 is 6.01. The van der Waals surface area contributed by atoms with Crippen molar-refractivity contribution in [1.29, 1.82) is 0 Å². The van der Waals surface area contributed by atoms with Crippen molar-refractivity contribution in [3.05, 3.63) is 83.7 Å². The molecule has 0 aliphatic carbocycles. The number of hydrogen-bond acceptors (Lipinski definition) is 8. The number of hydrogen-bond donors (Lipinski definition) is 1. The van der Waals surface area contributed by atoms with Gasteiger partial charge < -0.3 is 5.32 Å². The molecule has 0 bridgehead atoms. The zero-order valence-electron chi connectivity index (χ0n) is 18.5. The number of amides is 1. The molecule has 176 valence electrons. The van der Waals surface area contributed by atoms with Crippen LogP contribution in [0.5, 0.6) is 0 Å². The third-order valence-corrected chi connectivity index (χ3v) is 9.28. The predicted octanol–water partition coefficient (Wildman–Crippen LogP) is 7.29. The number of nitrogens with one attached hydrogen (secondary N) is 1. The average molecular weight is 539 g/mol. The van der Waals surface area contributed by atoms with Crippen LogP contribution in [0.25, 0.3) is 20.8 Å². The molecule has 2 heterocycles. The van der Waals surface area contributed by atoms with Crippen LogP contribution in [0.3, 0.4) is 0 Å². The van der Waals surface area contributed by atoms with E-state index < -0.39 is 0 Å². The van der Waals surface area contributed by atoms with Gasteiger partial charge in [-0.2, -0.15) is 0 Å². The van der Waals surface area contributed by atoms with E-state index in [1.165, 1.54) is 45.5 Å². The molecule has 10 heteroatoms. The topological polar surface area (TPSA) is 67.8 Å². The van der Waals surface area contributed by atoms with Gasteiger partial charge in [-0.25, -0.2) is 9.37 Å². The average Bonchev–Trinajstić information content (AvgIpc) is 3.49. The Kier molecular flexibility index (Phi) is 7.43. The summed E-state index contributed by atoms with van der Waals surface area (Å²) in [6.45, 7) is 2.08. The summed E-state index contributed by atoms with van der Waals surface area (Å²) in [4.78, 5) is 17.1. The Hall–Kier alpha value is -2.79. The van der Waals surface area contributed by atoms with Crippen molar-refractivity contribution in [3.8, 4) is 10.6 Å². The summed E-state index contributed by atoms with van der Waals surface area (Å²) in [6, 6.07) is 20.4. The van der Waals surface area contributed by atoms with Crippen molar-refractivity contribution in [2.24, 2.45) is 0 Å². The van der Waals surface area contributed by atoms with Gasteiger partial charge in [-0.15, -0.1) is 21.5 Å². The van der Waals surface area contributed by atoms with Crippen LogP contribution in [0.15, 0.2) is 75.4 Å². The van der Waals surface area contributed by atoms with E-state index in [9.17, 15) is 9.18 Å². The highest BCUT2D eigenvalue weighted by atomic mass is 32.2. The van der Waals surface area contributed by atoms with Crippen LogP contribution >= 0.6 is 46.2 Å². The molecule has 0 aliphatic heterocycles. The predicted molar refractivity (Wildman–Crippen MR) is 145 cm³/mol. The van der Waals surface area contributed by atoms with Crippen LogP contribution in [0.2, 0.25) is 0 Å². The molecule has 0 unspecified atom stereocenters. The molecule has 1 N–H and O–H groups in total. The van der Waals surface area contributed by atoms with Crippen LogP contribution in [0.1, 0.15) is 11.1 Å². The smallest absolute Gasteiger partial charge is 0.234 e. The lowest BCUT2D eigenvalue weighted by molar-refractivity contribution is -0.113. The highest BCUT2D eigenvalue weighted by Gasteiger charge is 2.11. The van der Waals surface area contributed by atoms with Crippen molar-refractivity contribution < 1.29 is 9.18 Å². The van der Waals surface area contributed by atoms with E-state index in [-0.39, 0.29) is 17.5 Å². The lowest BCUT2D eigenvalue weighted by Crippen LogP contribution is -2.13. The van der Waals surface area contributed by atoms with Crippen LogP contribution in [-0.4, -0.2) is 26.8 Å². The summed E-state index contributed by atoms with van der Waals surface area (Å²) in [6.07, 6.45) is 0. The van der Waals surface area contributed by atoms with Gasteiger partial charge in [-0.1, -0.05) is 53.1 Å². The van der Waals surface area contributed by atoms with E-state index in [0.29, 0.717) is 5.75 Å². The van der Waals surface area contributed by atoms with E-state index in [4.69, 9.17) is 4.98 Å². The fourth-order valence-corrected chi connectivity index (χ4v) is 7.06. The van der Waals surface area contributed by atoms with Crippen LogP contribution in [0.4, 0.5) is 10.1 Å². The number of thioether (sulfide) groups is 2. The minimum absolute atomic E-state index is 0.103. The number of benzene rings is 3. The molecule has 5 nitrogen and oxygen atoms in total. The lowest BCUT2D eigenvalue weighted by atomic mass is 10.2. The standard InChI is InChI=1S/C25H19FN4OS4/c1-15-2-11-20-21(12-15)34-23(28-20)17-5-9-19(10-6-17)27-22(31)14-33-25-30-29-24(35-25)32-13-16-3-7-18(26)8-4-16/h2-12H,13-14H2,1H3,(H,27,31). The maximum atomic E-state index is 13.0. The minimum Gasteiger partial charge on any atom is -0.325 e. The monoisotopic (exact) mass is 538 g/mol. The number of carbonyl (C=O) groups excluding carboxylic acids is 1. The second-order valence-corrected chi connectivity index (χ2v) is 12.1. The summed E-state index contributed by atoms with van der Waals surface area (Å²) in [7, 11) is 0. The van der Waals surface area contributed by atoms with Crippen molar-refractivity contribution in [2.45, 2.75) is 21.4 Å². The van der Waals surface area contributed by atoms with Crippen molar-refractivity contribution in [3.63, 3.8) is 0 Å². The molecule has 5 aromatic rings. The number of fused-ring (bicyclic) bond motifs is 1. The SMILES string of the molecule is Cc1ccc2nc(-c3ccc(NC(=O)CSc4nnc(SCc5ccc(F)cc5)s4)cc3)sc2c1. The Morgan fingerprint density at radius 2 is 1.69 bits per heavy atom. The number of aryl methyl sites for hydroxylation is 1. The first-order chi connectivity index (χ1) is 17.0. The number of anilines is 1. The van der Waals surface area contributed by atoms with E-state index in [1.807, 2.05) is 30.3 Å². The molecule has 0 spiro atoms. The van der Waals surface area contributed by atoms with Crippen LogP contribution < -0.4 is 5.32 Å². The van der Waals surface area contributed by atoms with Crippen LogP contribution in [0, 0.1) is 12.7 Å². The molecule has 35 heavy (non-hydrogen) atoms. The van der Waals surface area contributed by atoms with E-state index >= 15 is 0 Å². The van der Waals surface area contributed by atoms with Gasteiger partial charge in [0.25, 0.3) is 0 Å². The number of thiazole rings is 1. The van der Waals surface area contributed by atoms with Gasteiger partial charge in [0.1, 0.15) is 10.8 Å². The van der Waals surface area contributed by atoms with Crippen molar-refractivity contribution >= 4 is 68.0 Å². The zero-order valence-corrected chi connectivity index (χ0v) is 21.8. The summed E-state index contributed by atoms with van der Waals surface area (Å²) in [5.41, 5.74) is 5.00. The fraction of sp³-hybridized carbons (Fsp3) is 0.120. The summed E-state index contributed by atoms with van der Waals surface area (Å²) in [5.74, 6) is 0.586. The first kappa shape index (κ1) is 23.9. The summed E-state index contributed by atoms with van der Waals surface area (Å²) in [5, 5.41) is 12.2. The molecular weight excluding hydrogens is 520 g/mol. The van der Waals surface area contributed by atoms with Gasteiger partial charge in [-0.05, 0) is 66.6 Å². The molecule has 0 atom stereocenters. The maximum Gasteiger partial charge on any atom is 0.234 e. The number of aromatic nitrogens is 3. The third-order valence-electron chi connectivity index (χ3n) is 4.95. The van der Waals surface area contributed by atoms with Gasteiger partial charge in [0.2, 0.25) is 5.91 Å². The van der Waals surface area contributed by atoms with E-state index in [1.54, 1.807) is 35.2 Å². The Morgan fingerprint density at radius 3 is 2.46 bits per heavy atom. The molecule has 0 radical (unpaired) electrons. The first-order valence-corrected chi connectivity index (χ1v) is 14.2. The molecule has 0 saturated carbocycles. The molecule has 0 aliphatic rings. The molecule has 0 saturated heterocycles. The largest absolute Gasteiger partial charge is 0.325 e. The van der Waals surface area contributed by atoms with E-state index in [0.717, 1.165) is 36.0 Å². The van der Waals surface area contributed by atoms with Crippen LogP contribution in [-0.2, 0) is 10.5 Å². The maximum absolute atomic E-state index is 13.0. The Labute approximate surface area is 218 Å². The highest BCUT2D eigenvalue weighted by molar-refractivity contribution is 8.03. The lowest BCUT2D eigenvalue weighted by Gasteiger charge is -2.05. The van der Waals surface area contributed by atoms with E-state index in [2.05, 4.69) is 34.6 Å². The Bertz CT molecular complexity index is 1470. The first-order valence-electron chi connectivity index (χ1n) is 10.6. The zero-order chi connectivity index (χ0) is 24.2. The van der Waals surface area contributed by atoms with Gasteiger partial charge in [0.15, 0.2) is 8.68 Å². The second-order valence-electron chi connectivity index (χ2n) is 7.65. The number of halogens is 1. The van der Waals surface area contributed by atoms with Gasteiger partial charge >= 0.3 is 0 Å². The normalized spacial score (nSPS) is 11.1. The quantitative estimate of drug-likeness (QED) is 0.209. The van der Waals surface area contributed by atoms with Gasteiger partial charge in [0, 0.05) is 17.0 Å². The Morgan fingerprint density at radius 1 is 0.943 bits per heavy atom. The number of carbonyl (C=O) groups is 1. The minimum atomic E-state index is -0.245. The second kappa shape index (κ2) is 10.9. The van der Waals surface area contributed by atoms with Crippen molar-refractivity contribution in [2.75, 3.05) is 11.1 Å². The number of nitrogens with zero attached hydrogens (tertiary/aromatic N) is 3. The molecule has 1 amide bonds. The molecule has 2 aromatic heterocycles. The third kappa shape index (κ3) is 6.26. The number of rotatable bonds is 8. The molecule has 5 rings (SSSR count). The summed E-state index contributed by atoms with van der Waals surface area (Å²) < 4.78 is 15.7. The van der Waals surface area contributed by atoms with Gasteiger partial charge in [0.05, 0.1) is 16.0 Å². The molecular formula is C25H19FN4OS4. The fourth-order valence-electron chi connectivity index (χ4n) is 3.22.